The number of halogens is 3. The fraction of sp³-hybridized carbons (Fsp3) is 0.571. The molecule has 0 saturated carbocycles. The second-order valence-electron chi connectivity index (χ2n) is 7.58. The van der Waals surface area contributed by atoms with Gasteiger partial charge in [0.05, 0.1) is 0 Å². The summed E-state index contributed by atoms with van der Waals surface area (Å²) >= 11 is 0. The molecule has 0 aliphatic heterocycles. The summed E-state index contributed by atoms with van der Waals surface area (Å²) in [6.07, 6.45) is 5.37. The van der Waals surface area contributed by atoms with Gasteiger partial charge in [0.1, 0.15) is 5.76 Å². The van der Waals surface area contributed by atoms with Gasteiger partial charge in [-0.1, -0.05) is 52.0 Å². The first-order valence-electron chi connectivity index (χ1n) is 8.66. The lowest BCUT2D eigenvalue weighted by molar-refractivity contribution is -0.253. The molecular formula is C21H31F3O2. The number of rotatable bonds is 6. The van der Waals surface area contributed by atoms with Gasteiger partial charge in [-0.05, 0) is 56.8 Å². The largest absolute Gasteiger partial charge is 0.431 e. The Labute approximate surface area is 155 Å². The zero-order valence-electron chi connectivity index (χ0n) is 17.0. The monoisotopic (exact) mass is 372 g/mol. The summed E-state index contributed by atoms with van der Waals surface area (Å²) in [5.41, 5.74) is -2.00. The van der Waals surface area contributed by atoms with Crippen molar-refractivity contribution in [2.45, 2.75) is 68.0 Å². The Morgan fingerprint density at radius 2 is 1.42 bits per heavy atom. The van der Waals surface area contributed by atoms with Crippen LogP contribution < -0.4 is 0 Å². The standard InChI is InChI=1S/C21H31F3O2/c1-9-10-11-12-15(2)16(3)13-14-17(4)26-18(25)20(8,19(5,6)7)21(22,23)24/h10-14H,9H2,1-8H3/b11-10-,15-12+,16-13+,17-14+. The summed E-state index contributed by atoms with van der Waals surface area (Å²) in [5, 5.41) is 0. The van der Waals surface area contributed by atoms with E-state index in [4.69, 9.17) is 4.74 Å². The minimum absolute atomic E-state index is 0.117. The molecule has 0 fully saturated rings. The maximum absolute atomic E-state index is 13.5. The molecule has 1 atom stereocenters. The third-order valence-electron chi connectivity index (χ3n) is 4.64. The highest BCUT2D eigenvalue weighted by Gasteiger charge is 2.64. The average molecular weight is 372 g/mol. The van der Waals surface area contributed by atoms with Crippen molar-refractivity contribution in [3.63, 3.8) is 0 Å². The van der Waals surface area contributed by atoms with Crippen molar-refractivity contribution < 1.29 is 22.7 Å². The van der Waals surface area contributed by atoms with Crippen molar-refractivity contribution in [3.05, 3.63) is 47.3 Å². The number of esters is 1. The lowest BCUT2D eigenvalue weighted by atomic mass is 9.67. The van der Waals surface area contributed by atoms with Gasteiger partial charge in [0.25, 0.3) is 0 Å². The maximum Gasteiger partial charge on any atom is 0.405 e. The van der Waals surface area contributed by atoms with Crippen molar-refractivity contribution in [1.82, 2.24) is 0 Å². The number of ether oxygens (including phenoxy) is 1. The number of hydrogen-bond donors (Lipinski definition) is 0. The van der Waals surface area contributed by atoms with Crippen LogP contribution in [0.3, 0.4) is 0 Å². The second kappa shape index (κ2) is 9.24. The van der Waals surface area contributed by atoms with Crippen LogP contribution in [0.4, 0.5) is 13.2 Å². The van der Waals surface area contributed by atoms with E-state index in [1.54, 1.807) is 6.08 Å². The lowest BCUT2D eigenvalue weighted by Crippen LogP contribution is -2.52. The zero-order chi connectivity index (χ0) is 20.8. The molecule has 0 spiro atoms. The van der Waals surface area contributed by atoms with Crippen molar-refractivity contribution in [2.75, 3.05) is 0 Å². The van der Waals surface area contributed by atoms with E-state index >= 15 is 0 Å². The Bertz CT molecular complexity index is 598. The van der Waals surface area contributed by atoms with E-state index in [2.05, 4.69) is 0 Å². The van der Waals surface area contributed by atoms with Gasteiger partial charge in [0.2, 0.25) is 0 Å². The molecule has 1 unspecified atom stereocenters. The predicted molar refractivity (Wildman–Crippen MR) is 100 cm³/mol. The Morgan fingerprint density at radius 3 is 1.85 bits per heavy atom. The summed E-state index contributed by atoms with van der Waals surface area (Å²) in [4.78, 5) is 12.3. The van der Waals surface area contributed by atoms with Crippen molar-refractivity contribution in [1.29, 1.82) is 0 Å². The van der Waals surface area contributed by atoms with Gasteiger partial charge in [-0.15, -0.1) is 0 Å². The van der Waals surface area contributed by atoms with Crippen LogP contribution in [-0.2, 0) is 9.53 Å². The molecule has 0 aromatic carbocycles. The second-order valence-corrected chi connectivity index (χ2v) is 7.58. The van der Waals surface area contributed by atoms with Crippen LogP contribution in [0.5, 0.6) is 0 Å². The third kappa shape index (κ3) is 6.19. The molecular weight excluding hydrogens is 341 g/mol. The quantitative estimate of drug-likeness (QED) is 0.288. The summed E-state index contributed by atoms with van der Waals surface area (Å²) in [7, 11) is 0. The van der Waals surface area contributed by atoms with Gasteiger partial charge < -0.3 is 4.74 Å². The topological polar surface area (TPSA) is 26.3 Å². The molecule has 0 aromatic heterocycles. The molecule has 0 bridgehead atoms. The van der Waals surface area contributed by atoms with Crippen LogP contribution in [0.2, 0.25) is 0 Å². The molecule has 0 N–H and O–H groups in total. The fourth-order valence-electron chi connectivity index (χ4n) is 1.98. The molecule has 0 amide bonds. The molecule has 0 rings (SSSR count). The highest BCUT2D eigenvalue weighted by Crippen LogP contribution is 2.51. The summed E-state index contributed by atoms with van der Waals surface area (Å²) in [5.74, 6) is -1.18. The van der Waals surface area contributed by atoms with Crippen molar-refractivity contribution >= 4 is 5.97 Å². The summed E-state index contributed by atoms with van der Waals surface area (Å²) in [6.45, 7) is 12.3. The zero-order valence-corrected chi connectivity index (χ0v) is 17.0. The minimum atomic E-state index is -4.71. The van der Waals surface area contributed by atoms with Crippen molar-refractivity contribution in [3.8, 4) is 0 Å². The molecule has 5 heteroatoms. The minimum Gasteiger partial charge on any atom is -0.431 e. The molecule has 148 valence electrons. The highest BCUT2D eigenvalue weighted by molar-refractivity contribution is 5.79. The summed E-state index contributed by atoms with van der Waals surface area (Å²) in [6, 6.07) is 0. The molecule has 0 aromatic rings. The van der Waals surface area contributed by atoms with Gasteiger partial charge in [-0.3, -0.25) is 4.79 Å². The van der Waals surface area contributed by atoms with Crippen LogP contribution in [-0.4, -0.2) is 12.1 Å². The van der Waals surface area contributed by atoms with Crippen LogP contribution in [0.15, 0.2) is 47.3 Å². The number of hydrogen-bond acceptors (Lipinski definition) is 2. The molecule has 0 aliphatic carbocycles. The molecule has 0 aliphatic rings. The Kier molecular flexibility index (Phi) is 8.61. The van der Waals surface area contributed by atoms with Gasteiger partial charge in [0.15, 0.2) is 5.41 Å². The Hall–Kier alpha value is -1.78. The number of allylic oxidation sites excluding steroid dienone is 8. The fourth-order valence-corrected chi connectivity index (χ4v) is 1.98. The normalized spacial score (nSPS) is 17.4. The van der Waals surface area contributed by atoms with Gasteiger partial charge in [0, 0.05) is 0 Å². The van der Waals surface area contributed by atoms with Crippen LogP contribution in [0.25, 0.3) is 0 Å². The van der Waals surface area contributed by atoms with Gasteiger partial charge in [-0.2, -0.15) is 13.2 Å². The third-order valence-corrected chi connectivity index (χ3v) is 4.64. The molecule has 26 heavy (non-hydrogen) atoms. The number of carbonyl (C=O) groups is 1. The Morgan fingerprint density at radius 1 is 0.923 bits per heavy atom. The smallest absolute Gasteiger partial charge is 0.405 e. The molecule has 0 heterocycles. The number of alkyl halides is 3. The van der Waals surface area contributed by atoms with Gasteiger partial charge in [-0.25, -0.2) is 0 Å². The van der Waals surface area contributed by atoms with Crippen LogP contribution in [0.1, 0.15) is 61.8 Å². The first kappa shape index (κ1) is 24.2. The van der Waals surface area contributed by atoms with E-state index in [0.29, 0.717) is 0 Å². The Balaban J connectivity index is 5.43. The molecule has 2 nitrogen and oxygen atoms in total. The van der Waals surface area contributed by atoms with E-state index < -0.39 is 23.0 Å². The molecule has 0 radical (unpaired) electrons. The van der Waals surface area contributed by atoms with E-state index in [1.165, 1.54) is 33.8 Å². The van der Waals surface area contributed by atoms with E-state index in [-0.39, 0.29) is 5.76 Å². The predicted octanol–water partition coefficient (Wildman–Crippen LogP) is 6.91. The lowest BCUT2D eigenvalue weighted by Gasteiger charge is -2.40. The van der Waals surface area contributed by atoms with Crippen LogP contribution >= 0.6 is 0 Å². The van der Waals surface area contributed by atoms with Gasteiger partial charge >= 0.3 is 12.1 Å². The first-order chi connectivity index (χ1) is 11.7. The van der Waals surface area contributed by atoms with E-state index in [0.717, 1.165) is 24.5 Å². The van der Waals surface area contributed by atoms with E-state index in [1.807, 2.05) is 39.0 Å². The first-order valence-corrected chi connectivity index (χ1v) is 8.66. The number of carbonyl (C=O) groups excluding carboxylic acids is 1. The highest BCUT2D eigenvalue weighted by atomic mass is 19.4. The van der Waals surface area contributed by atoms with Crippen LogP contribution in [0, 0.1) is 10.8 Å². The maximum atomic E-state index is 13.5. The van der Waals surface area contributed by atoms with Crippen molar-refractivity contribution in [2.24, 2.45) is 10.8 Å². The molecule has 0 saturated heterocycles. The average Bonchev–Trinajstić information content (AvgIpc) is 2.49. The van der Waals surface area contributed by atoms with E-state index in [9.17, 15) is 18.0 Å². The SMILES string of the molecule is CC\C=C/C=C(C)/C(C)=C/C=C(\C)OC(=O)C(C)(C(C)(C)C)C(F)(F)F. The summed E-state index contributed by atoms with van der Waals surface area (Å²) < 4.78 is 45.6.